The summed E-state index contributed by atoms with van der Waals surface area (Å²) in [6.45, 7) is 1.49. The summed E-state index contributed by atoms with van der Waals surface area (Å²) in [4.78, 5) is 0. The first-order chi connectivity index (χ1) is 6.79. The molecule has 2 nitrogen and oxygen atoms in total. The van der Waals surface area contributed by atoms with Crippen molar-refractivity contribution in [3.63, 3.8) is 0 Å². The Hall–Kier alpha value is -1.23. The minimum absolute atomic E-state index is 0.0595. The zero-order chi connectivity index (χ0) is 11.6. The van der Waals surface area contributed by atoms with Gasteiger partial charge in [0, 0.05) is 11.3 Å². The van der Waals surface area contributed by atoms with Crippen LogP contribution in [0.4, 0.5) is 13.2 Å². The smallest absolute Gasteiger partial charge is 0.406 e. The van der Waals surface area contributed by atoms with Crippen LogP contribution in [0.2, 0.25) is 5.02 Å². The predicted molar refractivity (Wildman–Crippen MR) is 50.6 cm³/mol. The summed E-state index contributed by atoms with van der Waals surface area (Å²) in [6.07, 6.45) is -4.73. The van der Waals surface area contributed by atoms with Gasteiger partial charge in [-0.05, 0) is 25.1 Å². The van der Waals surface area contributed by atoms with Crippen molar-refractivity contribution < 1.29 is 17.9 Å². The lowest BCUT2D eigenvalue weighted by Crippen LogP contribution is -2.17. The molecule has 6 heteroatoms. The van der Waals surface area contributed by atoms with E-state index in [1.54, 1.807) is 0 Å². The molecular weight excluding hydrogens is 231 g/mol. The molecule has 0 saturated heterocycles. The Balaban J connectivity index is 2.97. The summed E-state index contributed by atoms with van der Waals surface area (Å²) in [6, 6.07) is 3.46. The Kier molecular flexibility index (Phi) is 3.24. The van der Waals surface area contributed by atoms with Crippen molar-refractivity contribution in [1.29, 1.82) is 5.41 Å². The molecular formula is C9H7ClF3NO. The highest BCUT2D eigenvalue weighted by Gasteiger charge is 2.31. The van der Waals surface area contributed by atoms with Crippen LogP contribution in [-0.2, 0) is 0 Å². The second kappa shape index (κ2) is 4.10. The van der Waals surface area contributed by atoms with Crippen LogP contribution in [0.5, 0.6) is 5.75 Å². The summed E-state index contributed by atoms with van der Waals surface area (Å²) < 4.78 is 39.1. The largest absolute Gasteiger partial charge is 0.573 e. The van der Waals surface area contributed by atoms with Crippen molar-refractivity contribution in [2.24, 2.45) is 0 Å². The van der Waals surface area contributed by atoms with Crippen LogP contribution in [-0.4, -0.2) is 12.1 Å². The molecule has 0 saturated carbocycles. The van der Waals surface area contributed by atoms with E-state index in [-0.39, 0.29) is 10.7 Å². The van der Waals surface area contributed by atoms with Crippen molar-refractivity contribution in [1.82, 2.24) is 0 Å². The van der Waals surface area contributed by atoms with Crippen LogP contribution in [0.1, 0.15) is 12.5 Å². The molecule has 1 N–H and O–H groups in total. The summed E-state index contributed by atoms with van der Waals surface area (Å²) in [5.74, 6) is -0.391. The third-order valence-corrected chi connectivity index (χ3v) is 1.89. The minimum atomic E-state index is -4.73. The fourth-order valence-corrected chi connectivity index (χ4v) is 1.31. The third kappa shape index (κ3) is 3.43. The summed E-state index contributed by atoms with van der Waals surface area (Å²) >= 11 is 5.67. The Morgan fingerprint density at radius 3 is 2.40 bits per heavy atom. The number of ether oxygens (including phenoxy) is 1. The fraction of sp³-hybridized carbons (Fsp3) is 0.222. The van der Waals surface area contributed by atoms with E-state index in [0.717, 1.165) is 12.1 Å². The van der Waals surface area contributed by atoms with Crippen LogP contribution >= 0.6 is 11.6 Å². The van der Waals surface area contributed by atoms with E-state index in [4.69, 9.17) is 17.0 Å². The monoisotopic (exact) mass is 237 g/mol. The standard InChI is InChI=1S/C9H7ClF3NO/c1-5(14)7-3-2-6(4-8(7)10)15-9(11,12)13/h2-4,14H,1H3. The first kappa shape index (κ1) is 11.8. The van der Waals surface area contributed by atoms with E-state index in [1.807, 2.05) is 0 Å². The molecule has 1 aromatic carbocycles. The van der Waals surface area contributed by atoms with E-state index in [0.29, 0.717) is 5.56 Å². The van der Waals surface area contributed by atoms with Gasteiger partial charge in [-0.15, -0.1) is 13.2 Å². The van der Waals surface area contributed by atoms with Crippen molar-refractivity contribution >= 4 is 17.3 Å². The van der Waals surface area contributed by atoms with Gasteiger partial charge in [0.1, 0.15) is 5.75 Å². The van der Waals surface area contributed by atoms with Gasteiger partial charge in [-0.25, -0.2) is 0 Å². The van der Waals surface area contributed by atoms with E-state index in [1.165, 1.54) is 13.0 Å². The van der Waals surface area contributed by atoms with Gasteiger partial charge in [-0.2, -0.15) is 0 Å². The second-order valence-electron chi connectivity index (χ2n) is 2.81. The highest BCUT2D eigenvalue weighted by atomic mass is 35.5. The van der Waals surface area contributed by atoms with Crippen molar-refractivity contribution in [3.05, 3.63) is 28.8 Å². The molecule has 0 heterocycles. The van der Waals surface area contributed by atoms with Gasteiger partial charge in [0.15, 0.2) is 0 Å². The second-order valence-corrected chi connectivity index (χ2v) is 3.22. The average Bonchev–Trinajstić information content (AvgIpc) is 1.99. The Morgan fingerprint density at radius 2 is 2.00 bits per heavy atom. The molecule has 1 rings (SSSR count). The van der Waals surface area contributed by atoms with E-state index in [9.17, 15) is 13.2 Å². The van der Waals surface area contributed by atoms with Crippen LogP contribution in [0.3, 0.4) is 0 Å². The first-order valence-electron chi connectivity index (χ1n) is 3.90. The van der Waals surface area contributed by atoms with Crippen molar-refractivity contribution in [3.8, 4) is 5.75 Å². The number of rotatable bonds is 2. The van der Waals surface area contributed by atoms with E-state index < -0.39 is 12.1 Å². The summed E-state index contributed by atoms with van der Waals surface area (Å²) in [5, 5.41) is 7.34. The number of hydrogen-bond donors (Lipinski definition) is 1. The molecule has 0 atom stereocenters. The number of halogens is 4. The zero-order valence-electron chi connectivity index (χ0n) is 7.65. The molecule has 0 fully saturated rings. The first-order valence-corrected chi connectivity index (χ1v) is 4.28. The topological polar surface area (TPSA) is 33.1 Å². The van der Waals surface area contributed by atoms with Gasteiger partial charge in [-0.1, -0.05) is 11.6 Å². The summed E-state index contributed by atoms with van der Waals surface area (Å²) in [5.41, 5.74) is 0.560. The molecule has 0 unspecified atom stereocenters. The number of alkyl halides is 3. The maximum absolute atomic E-state index is 11.8. The van der Waals surface area contributed by atoms with Crippen LogP contribution < -0.4 is 4.74 Å². The maximum Gasteiger partial charge on any atom is 0.573 e. The molecule has 0 spiro atoms. The quantitative estimate of drug-likeness (QED) is 0.783. The molecule has 0 radical (unpaired) electrons. The predicted octanol–water partition coefficient (Wildman–Crippen LogP) is 3.63. The number of nitrogens with one attached hydrogen (secondary N) is 1. The van der Waals surface area contributed by atoms with Crippen LogP contribution in [0.25, 0.3) is 0 Å². The molecule has 0 aliphatic rings. The number of hydrogen-bond acceptors (Lipinski definition) is 2. The Morgan fingerprint density at radius 1 is 1.40 bits per heavy atom. The Bertz CT molecular complexity index is 389. The van der Waals surface area contributed by atoms with Crippen molar-refractivity contribution in [2.45, 2.75) is 13.3 Å². The number of benzene rings is 1. The van der Waals surface area contributed by atoms with E-state index >= 15 is 0 Å². The van der Waals surface area contributed by atoms with Crippen molar-refractivity contribution in [2.75, 3.05) is 0 Å². The van der Waals surface area contributed by atoms with Gasteiger partial charge in [0.05, 0.1) is 5.02 Å². The lowest BCUT2D eigenvalue weighted by atomic mass is 10.1. The third-order valence-electron chi connectivity index (χ3n) is 1.58. The minimum Gasteiger partial charge on any atom is -0.406 e. The summed E-state index contributed by atoms with van der Waals surface area (Å²) in [7, 11) is 0. The highest BCUT2D eigenvalue weighted by Crippen LogP contribution is 2.27. The van der Waals surface area contributed by atoms with Gasteiger partial charge in [-0.3, -0.25) is 0 Å². The van der Waals surface area contributed by atoms with E-state index in [2.05, 4.69) is 4.74 Å². The Labute approximate surface area is 89.1 Å². The molecule has 0 amide bonds. The normalized spacial score (nSPS) is 11.3. The molecule has 15 heavy (non-hydrogen) atoms. The molecule has 0 aliphatic carbocycles. The lowest BCUT2D eigenvalue weighted by Gasteiger charge is -2.10. The van der Waals surface area contributed by atoms with Gasteiger partial charge in [0.25, 0.3) is 0 Å². The lowest BCUT2D eigenvalue weighted by molar-refractivity contribution is -0.274. The zero-order valence-corrected chi connectivity index (χ0v) is 8.41. The highest BCUT2D eigenvalue weighted by molar-refractivity contribution is 6.34. The van der Waals surface area contributed by atoms with Gasteiger partial charge in [0.2, 0.25) is 0 Å². The average molecular weight is 238 g/mol. The van der Waals surface area contributed by atoms with Crippen LogP contribution in [0, 0.1) is 5.41 Å². The maximum atomic E-state index is 11.8. The molecule has 0 aliphatic heterocycles. The van der Waals surface area contributed by atoms with Gasteiger partial charge < -0.3 is 10.1 Å². The molecule has 0 bridgehead atoms. The molecule has 1 aromatic rings. The fourth-order valence-electron chi connectivity index (χ4n) is 0.997. The molecule has 82 valence electrons. The molecule has 0 aromatic heterocycles. The van der Waals surface area contributed by atoms with Crippen LogP contribution in [0.15, 0.2) is 18.2 Å². The van der Waals surface area contributed by atoms with Gasteiger partial charge >= 0.3 is 6.36 Å². The SMILES string of the molecule is CC(=N)c1ccc(OC(F)(F)F)cc1Cl.